The smallest absolute Gasteiger partial charge is 0.291 e. The molecule has 108 valence electrons. The molecule has 1 atom stereocenters. The summed E-state index contributed by atoms with van der Waals surface area (Å²) in [5.74, 6) is 0.648. The molecule has 1 aliphatic carbocycles. The van der Waals surface area contributed by atoms with Crippen LogP contribution in [0.2, 0.25) is 0 Å². The van der Waals surface area contributed by atoms with E-state index in [4.69, 9.17) is 4.42 Å². The van der Waals surface area contributed by atoms with Crippen molar-refractivity contribution in [2.24, 2.45) is 5.92 Å². The summed E-state index contributed by atoms with van der Waals surface area (Å²) < 4.78 is 5.09. The van der Waals surface area contributed by atoms with Crippen molar-refractivity contribution in [3.63, 3.8) is 0 Å². The summed E-state index contributed by atoms with van der Waals surface area (Å²) in [6.07, 6.45) is 5.70. The largest absolute Gasteiger partial charge is 0.459 e. The molecule has 0 aliphatic heterocycles. The first-order chi connectivity index (χ1) is 10.2. The third-order valence-corrected chi connectivity index (χ3v) is 5.20. The molecular formula is C16H16N2O2S. The van der Waals surface area contributed by atoms with Gasteiger partial charge in [-0.15, -0.1) is 11.3 Å². The lowest BCUT2D eigenvalue weighted by Gasteiger charge is -2.20. The van der Waals surface area contributed by atoms with Crippen LogP contribution in [-0.4, -0.2) is 5.91 Å². The summed E-state index contributed by atoms with van der Waals surface area (Å²) >= 11 is 1.54. The lowest BCUT2D eigenvalue weighted by atomic mass is 9.86. The summed E-state index contributed by atoms with van der Waals surface area (Å²) in [6.45, 7) is 2.20. The van der Waals surface area contributed by atoms with Crippen molar-refractivity contribution in [2.75, 3.05) is 5.32 Å². The molecule has 0 saturated heterocycles. The van der Waals surface area contributed by atoms with E-state index in [0.717, 1.165) is 31.2 Å². The molecule has 0 bridgehead atoms. The van der Waals surface area contributed by atoms with E-state index in [0.29, 0.717) is 16.5 Å². The van der Waals surface area contributed by atoms with Gasteiger partial charge in [-0.2, -0.15) is 5.26 Å². The SMILES string of the molecule is CCC1CCc2c(sc(NC(=O)c3ccco3)c2C#N)C1. The van der Waals surface area contributed by atoms with E-state index in [1.54, 1.807) is 12.1 Å². The van der Waals surface area contributed by atoms with Crippen LogP contribution in [0.3, 0.4) is 0 Å². The van der Waals surface area contributed by atoms with Gasteiger partial charge in [0.05, 0.1) is 11.8 Å². The van der Waals surface area contributed by atoms with Crippen molar-refractivity contribution in [1.82, 2.24) is 0 Å². The van der Waals surface area contributed by atoms with Crippen molar-refractivity contribution in [1.29, 1.82) is 5.26 Å². The fourth-order valence-electron chi connectivity index (χ4n) is 2.78. The first kappa shape index (κ1) is 13.9. The molecule has 5 heteroatoms. The molecule has 1 amide bonds. The molecule has 2 aromatic heterocycles. The van der Waals surface area contributed by atoms with Gasteiger partial charge < -0.3 is 9.73 Å². The molecular weight excluding hydrogens is 284 g/mol. The number of anilines is 1. The summed E-state index contributed by atoms with van der Waals surface area (Å²) in [7, 11) is 0. The zero-order valence-electron chi connectivity index (χ0n) is 11.8. The zero-order valence-corrected chi connectivity index (χ0v) is 12.6. The van der Waals surface area contributed by atoms with Gasteiger partial charge in [-0.3, -0.25) is 4.79 Å². The lowest BCUT2D eigenvalue weighted by molar-refractivity contribution is 0.0997. The van der Waals surface area contributed by atoms with Crippen LogP contribution in [0.15, 0.2) is 22.8 Å². The van der Waals surface area contributed by atoms with Gasteiger partial charge in [-0.1, -0.05) is 13.3 Å². The van der Waals surface area contributed by atoms with E-state index in [1.807, 2.05) is 0 Å². The molecule has 2 heterocycles. The van der Waals surface area contributed by atoms with Crippen LogP contribution in [0.5, 0.6) is 0 Å². The highest BCUT2D eigenvalue weighted by Gasteiger charge is 2.26. The number of nitrogens with one attached hydrogen (secondary N) is 1. The number of rotatable bonds is 3. The lowest BCUT2D eigenvalue weighted by Crippen LogP contribution is -2.12. The third kappa shape index (κ3) is 2.59. The van der Waals surface area contributed by atoms with Gasteiger partial charge in [0.25, 0.3) is 5.91 Å². The van der Waals surface area contributed by atoms with Crippen molar-refractivity contribution >= 4 is 22.2 Å². The van der Waals surface area contributed by atoms with Crippen LogP contribution < -0.4 is 5.32 Å². The molecule has 21 heavy (non-hydrogen) atoms. The van der Waals surface area contributed by atoms with Crippen LogP contribution in [0, 0.1) is 17.2 Å². The molecule has 0 fully saturated rings. The number of carbonyl (C=O) groups is 1. The quantitative estimate of drug-likeness (QED) is 0.932. The first-order valence-electron chi connectivity index (χ1n) is 7.12. The second-order valence-electron chi connectivity index (χ2n) is 5.27. The summed E-state index contributed by atoms with van der Waals surface area (Å²) in [6, 6.07) is 5.54. The standard InChI is InChI=1S/C16H16N2O2S/c1-2-10-5-6-11-12(9-17)16(21-14(11)8-10)18-15(19)13-4-3-7-20-13/h3-4,7,10H,2,5-6,8H2,1H3,(H,18,19). The Bertz CT molecular complexity index is 695. The maximum atomic E-state index is 12.1. The van der Waals surface area contributed by atoms with Gasteiger partial charge in [-0.05, 0) is 42.9 Å². The predicted molar refractivity (Wildman–Crippen MR) is 81.5 cm³/mol. The monoisotopic (exact) mass is 300 g/mol. The number of nitrogens with zero attached hydrogens (tertiary/aromatic N) is 1. The Morgan fingerprint density at radius 2 is 2.48 bits per heavy atom. The highest BCUT2D eigenvalue weighted by atomic mass is 32.1. The topological polar surface area (TPSA) is 66.0 Å². The van der Waals surface area contributed by atoms with Crippen LogP contribution in [0.4, 0.5) is 5.00 Å². The Morgan fingerprint density at radius 1 is 1.62 bits per heavy atom. The van der Waals surface area contributed by atoms with E-state index in [9.17, 15) is 10.1 Å². The second-order valence-corrected chi connectivity index (χ2v) is 6.37. The Balaban J connectivity index is 1.88. The van der Waals surface area contributed by atoms with Gasteiger partial charge in [0.15, 0.2) is 5.76 Å². The number of nitriles is 1. The van der Waals surface area contributed by atoms with E-state index in [1.165, 1.54) is 22.5 Å². The van der Waals surface area contributed by atoms with Crippen molar-refractivity contribution in [3.05, 3.63) is 40.2 Å². The fourth-order valence-corrected chi connectivity index (χ4v) is 4.09. The van der Waals surface area contributed by atoms with Gasteiger partial charge in [0.1, 0.15) is 11.1 Å². The Hall–Kier alpha value is -2.06. The minimum Gasteiger partial charge on any atom is -0.459 e. The summed E-state index contributed by atoms with van der Waals surface area (Å²) in [4.78, 5) is 13.3. The van der Waals surface area contributed by atoms with Gasteiger partial charge in [0, 0.05) is 4.88 Å². The molecule has 0 aromatic carbocycles. The Kier molecular flexibility index (Phi) is 3.80. The van der Waals surface area contributed by atoms with E-state index in [2.05, 4.69) is 18.3 Å². The van der Waals surface area contributed by atoms with Crippen LogP contribution in [0.1, 0.15) is 46.3 Å². The molecule has 1 unspecified atom stereocenters. The van der Waals surface area contributed by atoms with E-state index in [-0.39, 0.29) is 11.7 Å². The number of furan rings is 1. The molecule has 3 rings (SSSR count). The van der Waals surface area contributed by atoms with Gasteiger partial charge in [0.2, 0.25) is 0 Å². The molecule has 0 radical (unpaired) electrons. The summed E-state index contributed by atoms with van der Waals surface area (Å²) in [5.41, 5.74) is 1.76. The molecule has 0 spiro atoms. The molecule has 4 nitrogen and oxygen atoms in total. The molecule has 1 N–H and O–H groups in total. The van der Waals surface area contributed by atoms with Gasteiger partial charge >= 0.3 is 0 Å². The van der Waals surface area contributed by atoms with E-state index < -0.39 is 0 Å². The molecule has 0 saturated carbocycles. The third-order valence-electron chi connectivity index (χ3n) is 4.03. The highest BCUT2D eigenvalue weighted by Crippen LogP contribution is 2.40. The van der Waals surface area contributed by atoms with Crippen molar-refractivity contribution in [2.45, 2.75) is 32.6 Å². The Morgan fingerprint density at radius 3 is 3.14 bits per heavy atom. The van der Waals surface area contributed by atoms with Crippen molar-refractivity contribution < 1.29 is 9.21 Å². The number of amides is 1. The molecule has 1 aliphatic rings. The van der Waals surface area contributed by atoms with Crippen molar-refractivity contribution in [3.8, 4) is 6.07 Å². The second kappa shape index (κ2) is 5.74. The number of carbonyl (C=O) groups excluding carboxylic acids is 1. The number of hydrogen-bond donors (Lipinski definition) is 1. The average molecular weight is 300 g/mol. The van der Waals surface area contributed by atoms with Gasteiger partial charge in [-0.25, -0.2) is 0 Å². The number of hydrogen-bond acceptors (Lipinski definition) is 4. The molecule has 2 aromatic rings. The maximum absolute atomic E-state index is 12.1. The first-order valence-corrected chi connectivity index (χ1v) is 7.94. The minimum atomic E-state index is -0.304. The van der Waals surface area contributed by atoms with Crippen LogP contribution in [0.25, 0.3) is 0 Å². The Labute approximate surface area is 127 Å². The normalized spacial score (nSPS) is 17.0. The summed E-state index contributed by atoms with van der Waals surface area (Å²) in [5, 5.41) is 12.9. The zero-order chi connectivity index (χ0) is 14.8. The predicted octanol–water partition coefficient (Wildman–Crippen LogP) is 3.98. The number of fused-ring (bicyclic) bond motifs is 1. The highest BCUT2D eigenvalue weighted by molar-refractivity contribution is 7.16. The maximum Gasteiger partial charge on any atom is 0.291 e. The number of thiophene rings is 1. The van der Waals surface area contributed by atoms with Crippen LogP contribution in [-0.2, 0) is 12.8 Å². The average Bonchev–Trinajstić information content (AvgIpc) is 3.13. The van der Waals surface area contributed by atoms with Crippen LogP contribution >= 0.6 is 11.3 Å². The van der Waals surface area contributed by atoms with E-state index >= 15 is 0 Å². The fraction of sp³-hybridized carbons (Fsp3) is 0.375. The minimum absolute atomic E-state index is 0.261.